The van der Waals surface area contributed by atoms with Crippen LogP contribution in [0.15, 0.2) is 71.8 Å². The molecule has 2 aliphatic carbocycles. The lowest BCUT2D eigenvalue weighted by Gasteiger charge is -2.11. The number of hydrogen-bond donors (Lipinski definition) is 0. The van der Waals surface area contributed by atoms with Crippen LogP contribution in [0.4, 0.5) is 4.39 Å². The van der Waals surface area contributed by atoms with Crippen molar-refractivity contribution < 1.29 is 4.39 Å². The Kier molecular flexibility index (Phi) is 4.82. The number of allylic oxidation sites excluding steroid dienone is 5. The highest BCUT2D eigenvalue weighted by Gasteiger charge is 2.33. The smallest absolute Gasteiger partial charge is 0.138 e. The first kappa shape index (κ1) is 21.1. The summed E-state index contributed by atoms with van der Waals surface area (Å²) in [4.78, 5) is 0. The lowest BCUT2D eigenvalue weighted by Crippen LogP contribution is -1.93. The Morgan fingerprint density at radius 1 is 0.571 bits per heavy atom. The number of hydrogen-bond acceptors (Lipinski definition) is 5. The maximum atomic E-state index is 14.1. The Morgan fingerprint density at radius 3 is 1.77 bits per heavy atom. The van der Waals surface area contributed by atoms with E-state index in [0.29, 0.717) is 61.2 Å². The molecule has 3 aromatic carbocycles. The Balaban J connectivity index is 1.86. The summed E-state index contributed by atoms with van der Waals surface area (Å²) in [5, 5.41) is 48.6. The van der Waals surface area contributed by atoms with Gasteiger partial charge in [0, 0.05) is 22.3 Å². The number of halogens is 1. The van der Waals surface area contributed by atoms with Crippen LogP contribution >= 0.6 is 0 Å². The Bertz CT molecular complexity index is 1770. The molecule has 0 aliphatic heterocycles. The summed E-state index contributed by atoms with van der Waals surface area (Å²) < 4.78 is 14.1. The normalized spacial score (nSPS) is 12.3. The van der Waals surface area contributed by atoms with Gasteiger partial charge in [0.2, 0.25) is 0 Å². The molecule has 0 heterocycles. The van der Waals surface area contributed by atoms with E-state index in [-0.39, 0.29) is 11.1 Å². The van der Waals surface area contributed by atoms with E-state index >= 15 is 0 Å². The molecule has 0 radical (unpaired) electrons. The summed E-state index contributed by atoms with van der Waals surface area (Å²) in [5.74, 6) is -0.497. The average molecular weight is 447 g/mol. The molecule has 0 saturated carbocycles. The van der Waals surface area contributed by atoms with E-state index in [1.54, 1.807) is 48.5 Å². The second-order valence-corrected chi connectivity index (χ2v) is 7.80. The number of nitrogens with zero attached hydrogens (tertiary/aromatic N) is 5. The van der Waals surface area contributed by atoms with Gasteiger partial charge in [-0.25, -0.2) is 4.39 Å². The molecule has 0 spiro atoms. The molecule has 5 rings (SSSR count). The number of rotatable bonds is 1. The fraction of sp³-hybridized carbons (Fsp3) is 0. The van der Waals surface area contributed by atoms with Crippen LogP contribution in [0.3, 0.4) is 0 Å². The third-order valence-electron chi connectivity index (χ3n) is 6.14. The van der Waals surface area contributed by atoms with Crippen LogP contribution in [0.25, 0.3) is 33.4 Å². The number of benzene rings is 3. The summed E-state index contributed by atoms with van der Waals surface area (Å²) in [6.07, 6.45) is 0. The zero-order valence-electron chi connectivity index (χ0n) is 17.9. The Hall–Kier alpha value is -5.74. The summed E-state index contributed by atoms with van der Waals surface area (Å²) in [6.45, 7) is 0. The molecule has 2 aliphatic rings. The molecule has 35 heavy (non-hydrogen) atoms. The van der Waals surface area contributed by atoms with Crippen LogP contribution in [-0.4, -0.2) is 0 Å². The molecular formula is C29H10FN5. The zero-order chi connectivity index (χ0) is 24.7. The summed E-state index contributed by atoms with van der Waals surface area (Å²) >= 11 is 0. The molecule has 5 nitrogen and oxygen atoms in total. The van der Waals surface area contributed by atoms with Gasteiger partial charge in [0.25, 0.3) is 0 Å². The maximum absolute atomic E-state index is 14.1. The van der Waals surface area contributed by atoms with Gasteiger partial charge in [0.1, 0.15) is 47.3 Å². The fourth-order valence-corrected chi connectivity index (χ4v) is 4.77. The fourth-order valence-electron chi connectivity index (χ4n) is 4.77. The molecule has 3 aromatic rings. The van der Waals surface area contributed by atoms with Crippen molar-refractivity contribution in [2.45, 2.75) is 0 Å². The van der Waals surface area contributed by atoms with Crippen LogP contribution in [0.5, 0.6) is 0 Å². The topological polar surface area (TPSA) is 119 Å². The summed E-state index contributed by atoms with van der Waals surface area (Å²) in [5.41, 5.74) is 5.22. The van der Waals surface area contributed by atoms with Crippen LogP contribution in [0.2, 0.25) is 0 Å². The molecular weight excluding hydrogens is 437 g/mol. The molecule has 0 N–H and O–H groups in total. The minimum absolute atomic E-state index is 0.131. The largest absolute Gasteiger partial charge is 0.207 e. The van der Waals surface area contributed by atoms with Gasteiger partial charge >= 0.3 is 0 Å². The van der Waals surface area contributed by atoms with Crippen LogP contribution in [0, 0.1) is 62.5 Å². The van der Waals surface area contributed by atoms with Crippen molar-refractivity contribution in [3.8, 4) is 41.5 Å². The maximum Gasteiger partial charge on any atom is 0.138 e. The minimum atomic E-state index is -0.497. The lowest BCUT2D eigenvalue weighted by atomic mass is 9.90. The Morgan fingerprint density at radius 2 is 1.14 bits per heavy atom. The van der Waals surface area contributed by atoms with Gasteiger partial charge in [-0.2, -0.15) is 26.3 Å². The van der Waals surface area contributed by atoms with Crippen molar-refractivity contribution in [1.82, 2.24) is 0 Å². The van der Waals surface area contributed by atoms with Crippen molar-refractivity contribution in [2.24, 2.45) is 0 Å². The minimum Gasteiger partial charge on any atom is -0.207 e. The van der Waals surface area contributed by atoms with Crippen LogP contribution < -0.4 is 0 Å². The highest BCUT2D eigenvalue weighted by molar-refractivity contribution is 6.26. The first-order chi connectivity index (χ1) is 17.1. The van der Waals surface area contributed by atoms with Gasteiger partial charge in [-0.3, -0.25) is 0 Å². The monoisotopic (exact) mass is 447 g/mol. The van der Waals surface area contributed by atoms with Crippen molar-refractivity contribution in [3.05, 3.63) is 105 Å². The van der Waals surface area contributed by atoms with Crippen LogP contribution in [-0.2, 0) is 0 Å². The second-order valence-electron chi connectivity index (χ2n) is 7.80. The predicted octanol–water partition coefficient (Wildman–Crippen LogP) is 5.90. The SMILES string of the molecule is N#CC(C#N)=C1C(c2ccc3c(c2)C(=C(C#N)C#N)c2cc(F)ccc2-3)=C(C#N)c2ccccc21. The first-order valence-corrected chi connectivity index (χ1v) is 10.4. The van der Waals surface area contributed by atoms with E-state index in [1.807, 2.05) is 24.3 Å². The van der Waals surface area contributed by atoms with E-state index in [2.05, 4.69) is 6.07 Å². The van der Waals surface area contributed by atoms with Crippen molar-refractivity contribution in [2.75, 3.05) is 0 Å². The third-order valence-corrected chi connectivity index (χ3v) is 6.14. The van der Waals surface area contributed by atoms with Crippen molar-refractivity contribution in [1.29, 1.82) is 26.3 Å². The van der Waals surface area contributed by atoms with E-state index < -0.39 is 5.82 Å². The first-order valence-electron chi connectivity index (χ1n) is 10.4. The van der Waals surface area contributed by atoms with Crippen molar-refractivity contribution in [3.63, 3.8) is 0 Å². The van der Waals surface area contributed by atoms with E-state index in [1.165, 1.54) is 12.1 Å². The van der Waals surface area contributed by atoms with Gasteiger partial charge in [-0.15, -0.1) is 0 Å². The van der Waals surface area contributed by atoms with Gasteiger partial charge in [0.15, 0.2) is 0 Å². The average Bonchev–Trinajstić information content (AvgIpc) is 3.38. The van der Waals surface area contributed by atoms with Gasteiger partial charge < -0.3 is 0 Å². The number of nitriles is 5. The molecule has 0 unspecified atom stereocenters. The van der Waals surface area contributed by atoms with E-state index in [4.69, 9.17) is 0 Å². The Labute approximate surface area is 200 Å². The molecule has 6 heteroatoms. The zero-order valence-corrected chi connectivity index (χ0v) is 17.9. The molecule has 0 aromatic heterocycles. The molecule has 0 fully saturated rings. The third kappa shape index (κ3) is 2.95. The standard InChI is InChI=1S/C29H10FN5/c30-19-6-8-22-21-7-5-16(9-24(21)27(25(22)10-19)17(11-31)12-32)28-26(15-35)20-3-1-2-4-23(20)29(28)18(13-33)14-34/h1-10H. The highest BCUT2D eigenvalue weighted by atomic mass is 19.1. The molecule has 0 saturated heterocycles. The predicted molar refractivity (Wildman–Crippen MR) is 126 cm³/mol. The number of fused-ring (bicyclic) bond motifs is 4. The summed E-state index contributed by atoms with van der Waals surface area (Å²) in [6, 6.07) is 26.4. The quantitative estimate of drug-likeness (QED) is 0.336. The van der Waals surface area contributed by atoms with Gasteiger partial charge in [0.05, 0.1) is 5.57 Å². The van der Waals surface area contributed by atoms with Crippen LogP contribution in [0.1, 0.15) is 27.8 Å². The lowest BCUT2D eigenvalue weighted by molar-refractivity contribution is 0.627. The molecule has 0 bridgehead atoms. The van der Waals surface area contributed by atoms with E-state index in [0.717, 1.165) is 0 Å². The van der Waals surface area contributed by atoms with E-state index in [9.17, 15) is 30.7 Å². The molecule has 158 valence electrons. The second kappa shape index (κ2) is 7.99. The molecule has 0 atom stereocenters. The van der Waals surface area contributed by atoms with Crippen molar-refractivity contribution >= 4 is 22.3 Å². The summed E-state index contributed by atoms with van der Waals surface area (Å²) in [7, 11) is 0. The highest BCUT2D eigenvalue weighted by Crippen LogP contribution is 2.51. The van der Waals surface area contributed by atoms with Gasteiger partial charge in [-0.1, -0.05) is 42.5 Å². The molecule has 0 amide bonds. The van der Waals surface area contributed by atoms with Gasteiger partial charge in [-0.05, 0) is 51.6 Å².